The Kier molecular flexibility index (Phi) is 6.44. The van der Waals surface area contributed by atoms with Crippen LogP contribution >= 0.6 is 0 Å². The SMILES string of the molecule is CN(CCCc1cc(-c2cccc(F)c2)n[nH]1)C(=O)C1CCC(C(=O)O)CC1. The number of hydrogen-bond acceptors (Lipinski definition) is 3. The summed E-state index contributed by atoms with van der Waals surface area (Å²) in [5, 5.41) is 16.3. The molecule has 1 heterocycles. The predicted molar refractivity (Wildman–Crippen MR) is 103 cm³/mol. The quantitative estimate of drug-likeness (QED) is 0.761. The third-order valence-corrected chi connectivity index (χ3v) is 5.49. The zero-order valence-corrected chi connectivity index (χ0v) is 16.0. The second-order valence-corrected chi connectivity index (χ2v) is 7.54. The number of hydrogen-bond donors (Lipinski definition) is 2. The van der Waals surface area contributed by atoms with Gasteiger partial charge in [0.15, 0.2) is 0 Å². The van der Waals surface area contributed by atoms with Crippen LogP contribution in [0.5, 0.6) is 0 Å². The largest absolute Gasteiger partial charge is 0.481 e. The lowest BCUT2D eigenvalue weighted by Gasteiger charge is -2.29. The van der Waals surface area contributed by atoms with Gasteiger partial charge in [0.25, 0.3) is 0 Å². The van der Waals surface area contributed by atoms with Crippen molar-refractivity contribution in [3.63, 3.8) is 0 Å². The van der Waals surface area contributed by atoms with Crippen molar-refractivity contribution in [3.05, 3.63) is 41.8 Å². The molecule has 2 aromatic rings. The number of carboxylic acids is 1. The molecule has 0 bridgehead atoms. The fourth-order valence-electron chi connectivity index (χ4n) is 3.80. The first-order valence-corrected chi connectivity index (χ1v) is 9.72. The highest BCUT2D eigenvalue weighted by Crippen LogP contribution is 2.30. The summed E-state index contributed by atoms with van der Waals surface area (Å²) in [6.07, 6.45) is 3.99. The molecule has 0 aliphatic heterocycles. The fraction of sp³-hybridized carbons (Fsp3) is 0.476. The molecule has 1 amide bonds. The van der Waals surface area contributed by atoms with Gasteiger partial charge in [-0.2, -0.15) is 5.10 Å². The standard InChI is InChI=1S/C21H26FN3O3/c1-25(20(26)14-7-9-15(10-8-14)21(27)28)11-3-6-18-13-19(24-23-18)16-4-2-5-17(22)12-16/h2,4-5,12-15H,3,6-11H2,1H3,(H,23,24)(H,27,28). The Morgan fingerprint density at radius 3 is 2.61 bits per heavy atom. The van der Waals surface area contributed by atoms with Crippen LogP contribution in [0.25, 0.3) is 11.3 Å². The van der Waals surface area contributed by atoms with Crippen molar-refractivity contribution in [2.24, 2.45) is 11.8 Å². The van der Waals surface area contributed by atoms with E-state index in [4.69, 9.17) is 5.11 Å². The minimum Gasteiger partial charge on any atom is -0.481 e. The van der Waals surface area contributed by atoms with Gasteiger partial charge in [-0.15, -0.1) is 0 Å². The van der Waals surface area contributed by atoms with Crippen molar-refractivity contribution < 1.29 is 19.1 Å². The number of nitrogens with zero attached hydrogens (tertiary/aromatic N) is 2. The minimum atomic E-state index is -0.753. The summed E-state index contributed by atoms with van der Waals surface area (Å²) in [6, 6.07) is 8.23. The lowest BCUT2D eigenvalue weighted by molar-refractivity contribution is -0.145. The number of aromatic amines is 1. The molecule has 3 rings (SSSR count). The second kappa shape index (κ2) is 8.99. The van der Waals surface area contributed by atoms with E-state index in [0.29, 0.717) is 37.9 Å². The summed E-state index contributed by atoms with van der Waals surface area (Å²) < 4.78 is 13.3. The number of rotatable bonds is 7. The summed E-state index contributed by atoms with van der Waals surface area (Å²) >= 11 is 0. The minimum absolute atomic E-state index is 0.0627. The van der Waals surface area contributed by atoms with Crippen molar-refractivity contribution in [1.29, 1.82) is 0 Å². The van der Waals surface area contributed by atoms with Crippen LogP contribution in [0.4, 0.5) is 4.39 Å². The van der Waals surface area contributed by atoms with Crippen LogP contribution in [0.2, 0.25) is 0 Å². The number of carbonyl (C=O) groups excluding carboxylic acids is 1. The van der Waals surface area contributed by atoms with Gasteiger partial charge in [-0.05, 0) is 56.7 Å². The van der Waals surface area contributed by atoms with Crippen LogP contribution < -0.4 is 0 Å². The maximum Gasteiger partial charge on any atom is 0.306 e. The number of aromatic nitrogens is 2. The molecule has 2 N–H and O–H groups in total. The normalized spacial score (nSPS) is 19.4. The van der Waals surface area contributed by atoms with Crippen LogP contribution in [-0.4, -0.2) is 45.7 Å². The number of aryl methyl sites for hydroxylation is 1. The Morgan fingerprint density at radius 2 is 1.93 bits per heavy atom. The van der Waals surface area contributed by atoms with Gasteiger partial charge >= 0.3 is 5.97 Å². The number of halogens is 1. The van der Waals surface area contributed by atoms with Crippen molar-refractivity contribution in [2.75, 3.05) is 13.6 Å². The van der Waals surface area contributed by atoms with Crippen molar-refractivity contribution in [3.8, 4) is 11.3 Å². The van der Waals surface area contributed by atoms with Gasteiger partial charge in [-0.25, -0.2) is 4.39 Å². The molecule has 28 heavy (non-hydrogen) atoms. The van der Waals surface area contributed by atoms with Gasteiger partial charge in [-0.3, -0.25) is 14.7 Å². The molecule has 6 nitrogen and oxygen atoms in total. The zero-order valence-electron chi connectivity index (χ0n) is 16.0. The first kappa shape index (κ1) is 20.0. The van der Waals surface area contributed by atoms with Gasteiger partial charge in [0, 0.05) is 30.8 Å². The van der Waals surface area contributed by atoms with Gasteiger partial charge < -0.3 is 10.0 Å². The summed E-state index contributed by atoms with van der Waals surface area (Å²) in [5.41, 5.74) is 2.38. The molecule has 1 aromatic heterocycles. The van der Waals surface area contributed by atoms with E-state index in [1.807, 2.05) is 12.1 Å². The zero-order chi connectivity index (χ0) is 20.1. The number of aliphatic carboxylic acids is 1. The maximum absolute atomic E-state index is 13.3. The van der Waals surface area contributed by atoms with E-state index in [2.05, 4.69) is 10.2 Å². The van der Waals surface area contributed by atoms with E-state index in [0.717, 1.165) is 24.1 Å². The summed E-state index contributed by atoms with van der Waals surface area (Å²) in [4.78, 5) is 25.3. The van der Waals surface area contributed by atoms with Crippen LogP contribution in [-0.2, 0) is 16.0 Å². The van der Waals surface area contributed by atoms with Gasteiger partial charge in [0.1, 0.15) is 5.82 Å². The number of carbonyl (C=O) groups is 2. The van der Waals surface area contributed by atoms with Crippen molar-refractivity contribution in [2.45, 2.75) is 38.5 Å². The van der Waals surface area contributed by atoms with Gasteiger partial charge in [0.05, 0.1) is 11.6 Å². The average Bonchev–Trinajstić information content (AvgIpc) is 3.16. The van der Waals surface area contributed by atoms with Crippen LogP contribution in [0, 0.1) is 17.7 Å². The Labute approximate surface area is 163 Å². The Bertz CT molecular complexity index is 828. The molecule has 0 unspecified atom stereocenters. The van der Waals surface area contributed by atoms with E-state index in [1.165, 1.54) is 12.1 Å². The summed E-state index contributed by atoms with van der Waals surface area (Å²) in [5.74, 6) is -1.31. The molecule has 0 radical (unpaired) electrons. The average molecular weight is 387 g/mol. The van der Waals surface area contributed by atoms with E-state index in [-0.39, 0.29) is 23.6 Å². The molecule has 0 atom stereocenters. The van der Waals surface area contributed by atoms with Crippen LogP contribution in [0.1, 0.15) is 37.8 Å². The first-order chi connectivity index (χ1) is 13.4. The smallest absolute Gasteiger partial charge is 0.306 e. The van der Waals surface area contributed by atoms with Gasteiger partial charge in [0.2, 0.25) is 5.91 Å². The molecule has 0 spiro atoms. The van der Waals surface area contributed by atoms with Crippen molar-refractivity contribution >= 4 is 11.9 Å². The molecule has 7 heteroatoms. The highest BCUT2D eigenvalue weighted by atomic mass is 19.1. The monoisotopic (exact) mass is 387 g/mol. The highest BCUT2D eigenvalue weighted by molar-refractivity contribution is 5.79. The molecular weight excluding hydrogens is 361 g/mol. The van der Waals surface area contributed by atoms with Crippen molar-refractivity contribution in [1.82, 2.24) is 15.1 Å². The topological polar surface area (TPSA) is 86.3 Å². The number of carboxylic acid groups (broad SMARTS) is 1. The van der Waals surface area contributed by atoms with E-state index in [9.17, 15) is 14.0 Å². The predicted octanol–water partition coefficient (Wildman–Crippen LogP) is 3.50. The first-order valence-electron chi connectivity index (χ1n) is 9.72. The molecule has 1 aliphatic carbocycles. The second-order valence-electron chi connectivity index (χ2n) is 7.54. The highest BCUT2D eigenvalue weighted by Gasteiger charge is 2.30. The molecule has 1 fully saturated rings. The number of nitrogens with one attached hydrogen (secondary N) is 1. The number of amides is 1. The third-order valence-electron chi connectivity index (χ3n) is 5.49. The molecule has 150 valence electrons. The Balaban J connectivity index is 1.45. The molecule has 1 saturated carbocycles. The summed E-state index contributed by atoms with van der Waals surface area (Å²) in [6.45, 7) is 0.631. The van der Waals surface area contributed by atoms with Crippen LogP contribution in [0.15, 0.2) is 30.3 Å². The lowest BCUT2D eigenvalue weighted by Crippen LogP contribution is -2.36. The van der Waals surface area contributed by atoms with Gasteiger partial charge in [-0.1, -0.05) is 12.1 Å². The Hall–Kier alpha value is -2.70. The Morgan fingerprint density at radius 1 is 1.21 bits per heavy atom. The third kappa shape index (κ3) is 4.97. The van der Waals surface area contributed by atoms with Crippen LogP contribution in [0.3, 0.4) is 0 Å². The van der Waals surface area contributed by atoms with E-state index in [1.54, 1.807) is 18.0 Å². The molecular formula is C21H26FN3O3. The number of benzene rings is 1. The maximum atomic E-state index is 13.3. The van der Waals surface area contributed by atoms with E-state index >= 15 is 0 Å². The van der Waals surface area contributed by atoms with E-state index < -0.39 is 5.97 Å². The number of H-pyrrole nitrogens is 1. The fourth-order valence-corrected chi connectivity index (χ4v) is 3.80. The lowest BCUT2D eigenvalue weighted by atomic mass is 9.81. The molecule has 0 saturated heterocycles. The molecule has 1 aromatic carbocycles. The molecule has 1 aliphatic rings. The summed E-state index contributed by atoms with van der Waals surface area (Å²) in [7, 11) is 1.80.